The zero-order valence-corrected chi connectivity index (χ0v) is 18.0. The van der Waals surface area contributed by atoms with Gasteiger partial charge in [0.05, 0.1) is 50.7 Å². The Hall–Kier alpha value is -3.24. The topological polar surface area (TPSA) is 124 Å². The summed E-state index contributed by atoms with van der Waals surface area (Å²) < 4.78 is 31.5. The van der Waals surface area contributed by atoms with Gasteiger partial charge in [-0.15, -0.1) is 0 Å². The molecular formula is C22H22O10. The molecule has 0 spiro atoms. The SMILES string of the molecule is COC(=O)C1=C(C(=O)OC)[C@@]2(CC[C@@]34C=C[C@@H](O3)C(C(=O)OC)=C4C(=O)OC)C=C[C@@H]1O2. The molecule has 0 radical (unpaired) electrons. The summed E-state index contributed by atoms with van der Waals surface area (Å²) in [6.45, 7) is 0. The minimum atomic E-state index is -1.28. The molecule has 0 fully saturated rings. The third-order valence-electron chi connectivity index (χ3n) is 6.17. The van der Waals surface area contributed by atoms with Crippen molar-refractivity contribution in [3.8, 4) is 0 Å². The van der Waals surface area contributed by atoms with Crippen LogP contribution in [0.3, 0.4) is 0 Å². The van der Waals surface area contributed by atoms with E-state index in [1.54, 1.807) is 24.3 Å². The van der Waals surface area contributed by atoms with Crippen LogP contribution in [0.4, 0.5) is 0 Å². The second-order valence-corrected chi connectivity index (χ2v) is 7.62. The number of ether oxygens (including phenoxy) is 6. The van der Waals surface area contributed by atoms with Crippen molar-refractivity contribution in [2.75, 3.05) is 28.4 Å². The van der Waals surface area contributed by atoms with Gasteiger partial charge < -0.3 is 28.4 Å². The van der Waals surface area contributed by atoms with Crippen molar-refractivity contribution in [3.05, 3.63) is 46.6 Å². The fraction of sp³-hybridized carbons (Fsp3) is 0.455. The van der Waals surface area contributed by atoms with Crippen LogP contribution in [0.15, 0.2) is 46.6 Å². The third kappa shape index (κ3) is 2.94. The molecule has 0 aliphatic carbocycles. The molecule has 10 heteroatoms. The van der Waals surface area contributed by atoms with Gasteiger partial charge in [0.25, 0.3) is 0 Å². The van der Waals surface area contributed by atoms with E-state index in [9.17, 15) is 19.2 Å². The first-order valence-corrected chi connectivity index (χ1v) is 9.84. The first-order valence-electron chi connectivity index (χ1n) is 9.84. The first kappa shape index (κ1) is 22.0. The van der Waals surface area contributed by atoms with Gasteiger partial charge >= 0.3 is 23.9 Å². The van der Waals surface area contributed by atoms with Crippen LogP contribution in [-0.2, 0) is 47.6 Å². The van der Waals surface area contributed by atoms with E-state index in [-0.39, 0.29) is 35.1 Å². The largest absolute Gasteiger partial charge is 0.466 e. The predicted octanol–water partition coefficient (Wildman–Crippen LogP) is 0.467. The molecule has 0 aromatic carbocycles. The van der Waals surface area contributed by atoms with Crippen LogP contribution in [0.1, 0.15) is 12.8 Å². The molecule has 4 bridgehead atoms. The quantitative estimate of drug-likeness (QED) is 0.310. The molecule has 0 N–H and O–H groups in total. The Kier molecular flexibility index (Phi) is 5.30. The van der Waals surface area contributed by atoms with Crippen LogP contribution in [0.5, 0.6) is 0 Å². The van der Waals surface area contributed by atoms with Gasteiger partial charge in [-0.25, -0.2) is 19.2 Å². The monoisotopic (exact) mass is 446 g/mol. The molecule has 0 amide bonds. The van der Waals surface area contributed by atoms with Crippen LogP contribution < -0.4 is 0 Å². The lowest BCUT2D eigenvalue weighted by Crippen LogP contribution is -2.38. The van der Waals surface area contributed by atoms with Crippen LogP contribution >= 0.6 is 0 Å². The Labute approximate surface area is 183 Å². The summed E-state index contributed by atoms with van der Waals surface area (Å²) in [7, 11) is 4.83. The maximum absolute atomic E-state index is 12.6. The normalized spacial score (nSPS) is 31.4. The molecule has 4 aliphatic heterocycles. The molecule has 0 aromatic heterocycles. The maximum Gasteiger partial charge on any atom is 0.337 e. The lowest BCUT2D eigenvalue weighted by atomic mass is 9.77. The van der Waals surface area contributed by atoms with E-state index in [2.05, 4.69) is 0 Å². The summed E-state index contributed by atoms with van der Waals surface area (Å²) in [4.78, 5) is 49.9. The van der Waals surface area contributed by atoms with Crippen LogP contribution in [0.25, 0.3) is 0 Å². The minimum absolute atomic E-state index is 0.0454. The van der Waals surface area contributed by atoms with E-state index in [0.29, 0.717) is 0 Å². The van der Waals surface area contributed by atoms with Crippen LogP contribution in [0.2, 0.25) is 0 Å². The van der Waals surface area contributed by atoms with Gasteiger partial charge in [-0.1, -0.05) is 12.2 Å². The van der Waals surface area contributed by atoms with Gasteiger partial charge in [-0.3, -0.25) is 0 Å². The van der Waals surface area contributed by atoms with E-state index < -0.39 is 47.3 Å². The van der Waals surface area contributed by atoms with Crippen molar-refractivity contribution < 1.29 is 47.6 Å². The van der Waals surface area contributed by atoms with E-state index in [4.69, 9.17) is 28.4 Å². The number of carbonyl (C=O) groups excluding carboxylic acids is 4. The summed E-state index contributed by atoms with van der Waals surface area (Å²) in [6.07, 6.45) is 5.44. The summed E-state index contributed by atoms with van der Waals surface area (Å²) >= 11 is 0. The molecule has 0 aromatic rings. The van der Waals surface area contributed by atoms with Crippen LogP contribution in [0, 0.1) is 0 Å². The predicted molar refractivity (Wildman–Crippen MR) is 105 cm³/mol. The van der Waals surface area contributed by atoms with Gasteiger partial charge in [0.1, 0.15) is 23.4 Å². The third-order valence-corrected chi connectivity index (χ3v) is 6.17. The smallest absolute Gasteiger partial charge is 0.337 e. The number of hydrogen-bond acceptors (Lipinski definition) is 10. The van der Waals surface area contributed by atoms with Crippen LogP contribution in [-0.4, -0.2) is 75.7 Å². The zero-order chi connectivity index (χ0) is 23.3. The molecule has 170 valence electrons. The summed E-state index contributed by atoms with van der Waals surface area (Å²) in [5, 5.41) is 0. The fourth-order valence-electron chi connectivity index (χ4n) is 4.76. The average Bonchev–Trinajstić information content (AvgIpc) is 3.57. The molecular weight excluding hydrogens is 424 g/mol. The van der Waals surface area contributed by atoms with Gasteiger partial charge in [-0.2, -0.15) is 0 Å². The summed E-state index contributed by atoms with van der Waals surface area (Å²) in [6, 6.07) is 0. The first-order chi connectivity index (χ1) is 15.3. The number of esters is 4. The molecule has 0 saturated heterocycles. The molecule has 10 nitrogen and oxygen atoms in total. The minimum Gasteiger partial charge on any atom is -0.466 e. The highest BCUT2D eigenvalue weighted by molar-refractivity contribution is 6.06. The van der Waals surface area contributed by atoms with E-state index in [1.807, 2.05) is 0 Å². The van der Waals surface area contributed by atoms with Gasteiger partial charge in [0.15, 0.2) is 0 Å². The van der Waals surface area contributed by atoms with Gasteiger partial charge in [-0.05, 0) is 25.0 Å². The highest BCUT2D eigenvalue weighted by Gasteiger charge is 2.58. The van der Waals surface area contributed by atoms with Gasteiger partial charge in [0, 0.05) is 0 Å². The van der Waals surface area contributed by atoms with E-state index in [1.165, 1.54) is 28.4 Å². The van der Waals surface area contributed by atoms with Crippen molar-refractivity contribution >= 4 is 23.9 Å². The second-order valence-electron chi connectivity index (χ2n) is 7.62. The van der Waals surface area contributed by atoms with Crippen molar-refractivity contribution in [1.82, 2.24) is 0 Å². The zero-order valence-electron chi connectivity index (χ0n) is 18.0. The second kappa shape index (κ2) is 7.72. The molecule has 4 rings (SSSR count). The lowest BCUT2D eigenvalue weighted by molar-refractivity contribution is -0.140. The number of rotatable bonds is 7. The maximum atomic E-state index is 12.6. The molecule has 4 atom stereocenters. The van der Waals surface area contributed by atoms with Crippen molar-refractivity contribution in [2.24, 2.45) is 0 Å². The lowest BCUT2D eigenvalue weighted by Gasteiger charge is -2.31. The molecule has 4 heterocycles. The summed E-state index contributed by atoms with van der Waals surface area (Å²) in [5.41, 5.74) is -2.31. The molecule has 0 unspecified atom stereocenters. The average molecular weight is 446 g/mol. The molecule has 0 saturated carbocycles. The highest BCUT2D eigenvalue weighted by Crippen LogP contribution is 2.52. The van der Waals surface area contributed by atoms with Crippen molar-refractivity contribution in [2.45, 2.75) is 36.3 Å². The van der Waals surface area contributed by atoms with Crippen molar-refractivity contribution in [3.63, 3.8) is 0 Å². The Bertz CT molecular complexity index is 949. The fourth-order valence-corrected chi connectivity index (χ4v) is 4.76. The van der Waals surface area contributed by atoms with E-state index >= 15 is 0 Å². The standard InChI is InChI=1S/C22H22O10/c1-27-17(23)13-11-5-7-21(31-11,15(13)19(25)29-3)9-10-22-8-6-12(32-22)14(18(24)28-2)16(22)20(26)30-4/h5-8,11-12H,9-10H2,1-4H3/t11-,12+,21-,22+. The number of methoxy groups -OCH3 is 4. The highest BCUT2D eigenvalue weighted by atomic mass is 16.6. The van der Waals surface area contributed by atoms with E-state index in [0.717, 1.165) is 0 Å². The molecule has 4 aliphatic rings. The Morgan fingerprint density at radius 2 is 1.03 bits per heavy atom. The Balaban J connectivity index is 1.71. The number of carbonyl (C=O) groups is 4. The summed E-state index contributed by atoms with van der Waals surface area (Å²) in [5.74, 6) is -2.83. The Morgan fingerprint density at radius 1 is 0.688 bits per heavy atom. The van der Waals surface area contributed by atoms with Gasteiger partial charge in [0.2, 0.25) is 0 Å². The Morgan fingerprint density at radius 3 is 1.34 bits per heavy atom. The molecule has 32 heavy (non-hydrogen) atoms. The van der Waals surface area contributed by atoms with Crippen molar-refractivity contribution in [1.29, 1.82) is 0 Å². The number of hydrogen-bond donors (Lipinski definition) is 0. The number of fused-ring (bicyclic) bond motifs is 4.